The van der Waals surface area contributed by atoms with Gasteiger partial charge < -0.3 is 14.4 Å². The highest BCUT2D eigenvalue weighted by Crippen LogP contribution is 2.37. The minimum Gasteiger partial charge on any atom is -0.493 e. The third-order valence-electron chi connectivity index (χ3n) is 5.56. The fourth-order valence-electron chi connectivity index (χ4n) is 3.62. The summed E-state index contributed by atoms with van der Waals surface area (Å²) in [4.78, 5) is 34.7. The Hall–Kier alpha value is -3.75. The van der Waals surface area contributed by atoms with E-state index < -0.39 is 0 Å². The molecule has 0 aliphatic heterocycles. The molecule has 180 valence electrons. The standard InChI is InChI=1S/C27H27N3O4S/c1-29(2)14-15-30(27-28-21-16-22(33-3)23(34-4)17-24(21)35-27)26(32)20-12-10-19(11-13-20)25(31)18-8-6-5-7-9-18/h5-13,16-17H,14-15H2,1-4H3. The van der Waals surface area contributed by atoms with Crippen molar-refractivity contribution >= 4 is 38.4 Å². The summed E-state index contributed by atoms with van der Waals surface area (Å²) in [5.74, 6) is 0.938. The summed E-state index contributed by atoms with van der Waals surface area (Å²) in [5.41, 5.74) is 2.36. The second-order valence-electron chi connectivity index (χ2n) is 8.20. The van der Waals surface area contributed by atoms with E-state index in [0.29, 0.717) is 46.4 Å². The van der Waals surface area contributed by atoms with Crippen molar-refractivity contribution in [2.75, 3.05) is 46.3 Å². The first-order valence-electron chi connectivity index (χ1n) is 11.1. The molecule has 3 aromatic carbocycles. The first kappa shape index (κ1) is 24.4. The van der Waals surface area contributed by atoms with E-state index >= 15 is 0 Å². The van der Waals surface area contributed by atoms with Crippen molar-refractivity contribution in [3.8, 4) is 11.5 Å². The summed E-state index contributed by atoms with van der Waals surface area (Å²) in [5, 5.41) is 0.589. The van der Waals surface area contributed by atoms with Crippen LogP contribution >= 0.6 is 11.3 Å². The maximum atomic E-state index is 13.6. The maximum absolute atomic E-state index is 13.6. The highest BCUT2D eigenvalue weighted by atomic mass is 32.1. The number of benzene rings is 3. The lowest BCUT2D eigenvalue weighted by Crippen LogP contribution is -2.36. The van der Waals surface area contributed by atoms with Crippen LogP contribution in [0.3, 0.4) is 0 Å². The zero-order valence-corrected chi connectivity index (χ0v) is 21.0. The summed E-state index contributed by atoms with van der Waals surface area (Å²) in [6.45, 7) is 1.13. The molecule has 1 aromatic heterocycles. The zero-order chi connectivity index (χ0) is 24.9. The zero-order valence-electron chi connectivity index (χ0n) is 20.1. The molecule has 0 aliphatic rings. The number of rotatable bonds is 9. The molecule has 0 atom stereocenters. The molecule has 1 amide bonds. The minimum atomic E-state index is -0.177. The number of likely N-dealkylation sites (N-methyl/N-ethyl adjacent to an activating group) is 1. The molecular formula is C27H27N3O4S. The van der Waals surface area contributed by atoms with Gasteiger partial charge in [0.25, 0.3) is 5.91 Å². The molecular weight excluding hydrogens is 462 g/mol. The number of fused-ring (bicyclic) bond motifs is 1. The van der Waals surface area contributed by atoms with Crippen LogP contribution in [0.5, 0.6) is 11.5 Å². The van der Waals surface area contributed by atoms with Crippen LogP contribution in [-0.2, 0) is 0 Å². The van der Waals surface area contributed by atoms with E-state index in [0.717, 1.165) is 10.2 Å². The normalized spacial score (nSPS) is 11.0. The SMILES string of the molecule is COc1cc2nc(N(CCN(C)C)C(=O)c3ccc(C(=O)c4ccccc4)cc3)sc2cc1OC. The number of anilines is 1. The minimum absolute atomic E-state index is 0.0804. The maximum Gasteiger partial charge on any atom is 0.260 e. The molecule has 0 aliphatic carbocycles. The van der Waals surface area contributed by atoms with Crippen LogP contribution in [0.15, 0.2) is 66.7 Å². The van der Waals surface area contributed by atoms with E-state index in [2.05, 4.69) is 0 Å². The third-order valence-corrected chi connectivity index (χ3v) is 6.60. The van der Waals surface area contributed by atoms with Gasteiger partial charge in [-0.2, -0.15) is 0 Å². The summed E-state index contributed by atoms with van der Waals surface area (Å²) in [7, 11) is 7.09. The number of amides is 1. The van der Waals surface area contributed by atoms with Gasteiger partial charge in [-0.1, -0.05) is 53.8 Å². The first-order chi connectivity index (χ1) is 16.9. The number of carbonyl (C=O) groups excluding carboxylic acids is 2. The van der Waals surface area contributed by atoms with E-state index in [1.54, 1.807) is 55.5 Å². The smallest absolute Gasteiger partial charge is 0.260 e. The molecule has 0 saturated heterocycles. The quantitative estimate of drug-likeness (QED) is 0.316. The molecule has 0 N–H and O–H groups in total. The van der Waals surface area contributed by atoms with E-state index in [1.807, 2.05) is 49.3 Å². The average molecular weight is 490 g/mol. The Morgan fingerprint density at radius 1 is 0.829 bits per heavy atom. The van der Waals surface area contributed by atoms with Crippen LogP contribution in [0.4, 0.5) is 5.13 Å². The van der Waals surface area contributed by atoms with Gasteiger partial charge in [0.1, 0.15) is 0 Å². The largest absolute Gasteiger partial charge is 0.493 e. The van der Waals surface area contributed by atoms with Gasteiger partial charge in [-0.05, 0) is 26.2 Å². The topological polar surface area (TPSA) is 72.0 Å². The van der Waals surface area contributed by atoms with Crippen molar-refractivity contribution in [1.29, 1.82) is 0 Å². The molecule has 0 unspecified atom stereocenters. The van der Waals surface area contributed by atoms with Crippen molar-refractivity contribution in [3.63, 3.8) is 0 Å². The number of thiazole rings is 1. The predicted octanol–water partition coefficient (Wildman–Crippen LogP) is 4.75. The van der Waals surface area contributed by atoms with Crippen LogP contribution in [0.1, 0.15) is 26.3 Å². The number of carbonyl (C=O) groups is 2. The average Bonchev–Trinajstić information content (AvgIpc) is 3.30. The van der Waals surface area contributed by atoms with E-state index in [4.69, 9.17) is 14.5 Å². The van der Waals surface area contributed by atoms with Crippen molar-refractivity contribution in [3.05, 3.63) is 83.4 Å². The number of hydrogen-bond acceptors (Lipinski definition) is 7. The fourth-order valence-corrected chi connectivity index (χ4v) is 4.62. The summed E-state index contributed by atoms with van der Waals surface area (Å²) in [6, 6.07) is 19.6. The molecule has 8 heteroatoms. The number of methoxy groups -OCH3 is 2. The van der Waals surface area contributed by atoms with Crippen LogP contribution in [0.25, 0.3) is 10.2 Å². The van der Waals surface area contributed by atoms with Gasteiger partial charge in [-0.25, -0.2) is 4.98 Å². The molecule has 0 radical (unpaired) electrons. The van der Waals surface area contributed by atoms with Crippen molar-refractivity contribution in [2.45, 2.75) is 0 Å². The number of aromatic nitrogens is 1. The molecule has 1 heterocycles. The Morgan fingerprint density at radius 2 is 1.43 bits per heavy atom. The molecule has 0 fully saturated rings. The van der Waals surface area contributed by atoms with Gasteiger partial charge in [-0.15, -0.1) is 0 Å². The highest BCUT2D eigenvalue weighted by molar-refractivity contribution is 7.22. The molecule has 0 saturated carbocycles. The van der Waals surface area contributed by atoms with E-state index in [1.165, 1.54) is 11.3 Å². The van der Waals surface area contributed by atoms with E-state index in [-0.39, 0.29) is 11.7 Å². The second-order valence-corrected chi connectivity index (χ2v) is 9.21. The predicted molar refractivity (Wildman–Crippen MR) is 139 cm³/mol. The highest BCUT2D eigenvalue weighted by Gasteiger charge is 2.23. The van der Waals surface area contributed by atoms with Gasteiger partial charge >= 0.3 is 0 Å². The number of hydrogen-bond donors (Lipinski definition) is 0. The lowest BCUT2D eigenvalue weighted by molar-refractivity contribution is 0.0982. The van der Waals surface area contributed by atoms with Crippen LogP contribution < -0.4 is 14.4 Å². The molecule has 0 bridgehead atoms. The monoisotopic (exact) mass is 489 g/mol. The first-order valence-corrected chi connectivity index (χ1v) is 11.9. The van der Waals surface area contributed by atoms with Crippen molar-refractivity contribution in [2.24, 2.45) is 0 Å². The van der Waals surface area contributed by atoms with E-state index in [9.17, 15) is 9.59 Å². The number of ether oxygens (including phenoxy) is 2. The van der Waals surface area contributed by atoms with Gasteiger partial charge in [0, 0.05) is 41.9 Å². The summed E-state index contributed by atoms with van der Waals surface area (Å²) in [6.07, 6.45) is 0. The Morgan fingerprint density at radius 3 is 2.06 bits per heavy atom. The lowest BCUT2D eigenvalue weighted by Gasteiger charge is -2.22. The van der Waals surface area contributed by atoms with Crippen LogP contribution in [0.2, 0.25) is 0 Å². The lowest BCUT2D eigenvalue weighted by atomic mass is 10.0. The molecule has 4 rings (SSSR count). The second kappa shape index (κ2) is 10.7. The number of ketones is 1. The summed E-state index contributed by atoms with van der Waals surface area (Å²) >= 11 is 1.42. The third kappa shape index (κ3) is 5.34. The van der Waals surface area contributed by atoms with Crippen LogP contribution in [-0.4, -0.2) is 63.0 Å². The Balaban J connectivity index is 1.65. The summed E-state index contributed by atoms with van der Waals surface area (Å²) < 4.78 is 11.7. The number of nitrogens with zero attached hydrogens (tertiary/aromatic N) is 3. The van der Waals surface area contributed by atoms with Gasteiger partial charge in [0.2, 0.25) is 0 Å². The molecule has 0 spiro atoms. The Kier molecular flexibility index (Phi) is 7.43. The van der Waals surface area contributed by atoms with Gasteiger partial charge in [0.15, 0.2) is 22.4 Å². The Labute approximate surface area is 208 Å². The Bertz CT molecular complexity index is 1290. The van der Waals surface area contributed by atoms with Crippen molar-refractivity contribution in [1.82, 2.24) is 9.88 Å². The molecule has 35 heavy (non-hydrogen) atoms. The van der Waals surface area contributed by atoms with Crippen LogP contribution in [0, 0.1) is 0 Å². The fraction of sp³-hybridized carbons (Fsp3) is 0.222. The van der Waals surface area contributed by atoms with Crippen molar-refractivity contribution < 1.29 is 19.1 Å². The molecule has 7 nitrogen and oxygen atoms in total. The molecule has 4 aromatic rings. The van der Waals surface area contributed by atoms with Gasteiger partial charge in [0.05, 0.1) is 24.4 Å². The van der Waals surface area contributed by atoms with Gasteiger partial charge in [-0.3, -0.25) is 14.5 Å².